The van der Waals surface area contributed by atoms with E-state index in [2.05, 4.69) is 9.72 Å². The molecule has 5 nitrogen and oxygen atoms in total. The van der Waals surface area contributed by atoms with Gasteiger partial charge in [-0.1, -0.05) is 0 Å². The Balaban J connectivity index is 2.80. The number of nitrogens with zero attached hydrogens (tertiary/aromatic N) is 1. The fourth-order valence-electron chi connectivity index (χ4n) is 1.16. The molecule has 0 saturated carbocycles. The predicted molar refractivity (Wildman–Crippen MR) is 52.4 cm³/mol. The van der Waals surface area contributed by atoms with Crippen molar-refractivity contribution in [1.29, 1.82) is 0 Å². The highest BCUT2D eigenvalue weighted by Crippen LogP contribution is 2.24. The van der Waals surface area contributed by atoms with Crippen molar-refractivity contribution < 1.29 is 19.4 Å². The van der Waals surface area contributed by atoms with Gasteiger partial charge in [0.1, 0.15) is 17.5 Å². The van der Waals surface area contributed by atoms with E-state index in [0.717, 1.165) is 0 Å². The maximum atomic E-state index is 10.9. The van der Waals surface area contributed by atoms with E-state index >= 15 is 0 Å². The first-order valence-electron chi connectivity index (χ1n) is 4.42. The minimum Gasteiger partial charge on any atom is -0.495 e. The highest BCUT2D eigenvalue weighted by Gasteiger charge is 2.18. The van der Waals surface area contributed by atoms with Crippen LogP contribution in [-0.4, -0.2) is 30.3 Å². The van der Waals surface area contributed by atoms with Gasteiger partial charge in [-0.3, -0.25) is 9.78 Å². The van der Waals surface area contributed by atoms with Crippen molar-refractivity contribution in [2.45, 2.75) is 12.5 Å². The number of pyridine rings is 1. The molecule has 0 aliphatic heterocycles. The second-order valence-electron chi connectivity index (χ2n) is 2.89. The van der Waals surface area contributed by atoms with E-state index in [0.29, 0.717) is 11.4 Å². The zero-order chi connectivity index (χ0) is 11.3. The Kier molecular flexibility index (Phi) is 4.05. The zero-order valence-corrected chi connectivity index (χ0v) is 8.64. The summed E-state index contributed by atoms with van der Waals surface area (Å²) in [4.78, 5) is 14.9. The van der Waals surface area contributed by atoms with Crippen molar-refractivity contribution in [3.63, 3.8) is 0 Å². The molecule has 0 amide bonds. The van der Waals surface area contributed by atoms with Crippen molar-refractivity contribution in [2.24, 2.45) is 0 Å². The molecule has 0 aliphatic carbocycles. The Bertz CT molecular complexity index is 340. The Morgan fingerprint density at radius 1 is 1.60 bits per heavy atom. The molecule has 0 unspecified atom stereocenters. The quantitative estimate of drug-likeness (QED) is 0.742. The standard InChI is InChI=1S/C10H13NO4/c1-14-8-4-3-5-11-10(8)7(12)6-9(13)15-2/h3-5,7,12H,6H2,1-2H3/t7-/m1/s1. The van der Waals surface area contributed by atoms with Crippen LogP contribution in [-0.2, 0) is 9.53 Å². The number of aliphatic hydroxyl groups excluding tert-OH is 1. The second kappa shape index (κ2) is 5.31. The second-order valence-corrected chi connectivity index (χ2v) is 2.89. The molecule has 82 valence electrons. The molecule has 0 aliphatic rings. The third kappa shape index (κ3) is 2.92. The number of carbonyl (C=O) groups excluding carboxylic acids is 1. The largest absolute Gasteiger partial charge is 0.495 e. The number of esters is 1. The monoisotopic (exact) mass is 211 g/mol. The molecule has 1 aromatic rings. The van der Waals surface area contributed by atoms with Crippen LogP contribution in [0, 0.1) is 0 Å². The van der Waals surface area contributed by atoms with Gasteiger partial charge in [0, 0.05) is 6.20 Å². The van der Waals surface area contributed by atoms with Crippen LogP contribution in [0.2, 0.25) is 0 Å². The highest BCUT2D eigenvalue weighted by molar-refractivity contribution is 5.70. The van der Waals surface area contributed by atoms with Gasteiger partial charge in [-0.05, 0) is 12.1 Å². The van der Waals surface area contributed by atoms with E-state index in [1.165, 1.54) is 20.4 Å². The minimum atomic E-state index is -1.01. The van der Waals surface area contributed by atoms with E-state index in [1.807, 2.05) is 0 Å². The van der Waals surface area contributed by atoms with Crippen LogP contribution in [0.15, 0.2) is 18.3 Å². The maximum Gasteiger partial charge on any atom is 0.308 e. The molecule has 1 aromatic heterocycles. The van der Waals surface area contributed by atoms with E-state index < -0.39 is 12.1 Å². The topological polar surface area (TPSA) is 68.7 Å². The van der Waals surface area contributed by atoms with Crippen molar-refractivity contribution in [2.75, 3.05) is 14.2 Å². The Labute approximate surface area is 87.7 Å². The summed E-state index contributed by atoms with van der Waals surface area (Å²) in [6.07, 6.45) is 0.385. The van der Waals surface area contributed by atoms with Crippen LogP contribution >= 0.6 is 0 Å². The summed E-state index contributed by atoms with van der Waals surface area (Å²) >= 11 is 0. The fraction of sp³-hybridized carbons (Fsp3) is 0.400. The molecule has 1 rings (SSSR count). The number of aliphatic hydroxyl groups is 1. The Hall–Kier alpha value is -1.62. The molecule has 0 bridgehead atoms. The molecule has 0 saturated heterocycles. The third-order valence-electron chi connectivity index (χ3n) is 1.92. The summed E-state index contributed by atoms with van der Waals surface area (Å²) in [7, 11) is 2.75. The normalized spacial score (nSPS) is 11.9. The van der Waals surface area contributed by atoms with Gasteiger partial charge in [0.25, 0.3) is 0 Å². The molecule has 0 fully saturated rings. The molecule has 1 atom stereocenters. The van der Waals surface area contributed by atoms with Crippen LogP contribution in [0.25, 0.3) is 0 Å². The van der Waals surface area contributed by atoms with Gasteiger partial charge in [-0.2, -0.15) is 0 Å². The number of methoxy groups -OCH3 is 2. The Morgan fingerprint density at radius 2 is 2.33 bits per heavy atom. The van der Waals surface area contributed by atoms with Gasteiger partial charge in [-0.15, -0.1) is 0 Å². The average Bonchev–Trinajstić information content (AvgIpc) is 2.28. The van der Waals surface area contributed by atoms with E-state index in [1.54, 1.807) is 12.1 Å². The first-order chi connectivity index (χ1) is 7.19. The molecular formula is C10H13NO4. The highest BCUT2D eigenvalue weighted by atomic mass is 16.5. The van der Waals surface area contributed by atoms with Crippen molar-refractivity contribution in [3.8, 4) is 5.75 Å². The number of hydrogen-bond acceptors (Lipinski definition) is 5. The van der Waals surface area contributed by atoms with Crippen LogP contribution < -0.4 is 4.74 Å². The van der Waals surface area contributed by atoms with Gasteiger partial charge < -0.3 is 14.6 Å². The zero-order valence-electron chi connectivity index (χ0n) is 8.64. The third-order valence-corrected chi connectivity index (χ3v) is 1.92. The lowest BCUT2D eigenvalue weighted by Crippen LogP contribution is -2.10. The van der Waals surface area contributed by atoms with Crippen LogP contribution in [0.4, 0.5) is 0 Å². The first-order valence-corrected chi connectivity index (χ1v) is 4.42. The van der Waals surface area contributed by atoms with Crippen molar-refractivity contribution in [3.05, 3.63) is 24.0 Å². The molecule has 1 heterocycles. The summed E-state index contributed by atoms with van der Waals surface area (Å²) < 4.78 is 9.46. The van der Waals surface area contributed by atoms with Crippen molar-refractivity contribution >= 4 is 5.97 Å². The van der Waals surface area contributed by atoms with Crippen LogP contribution in [0.1, 0.15) is 18.2 Å². The molecule has 1 N–H and O–H groups in total. The number of ether oxygens (including phenoxy) is 2. The van der Waals surface area contributed by atoms with E-state index in [4.69, 9.17) is 4.74 Å². The average molecular weight is 211 g/mol. The van der Waals surface area contributed by atoms with E-state index in [9.17, 15) is 9.90 Å². The summed E-state index contributed by atoms with van der Waals surface area (Å²) in [5.41, 5.74) is 0.338. The molecule has 15 heavy (non-hydrogen) atoms. The summed E-state index contributed by atoms with van der Waals surface area (Å²) in [6.45, 7) is 0. The molecule has 0 radical (unpaired) electrons. The van der Waals surface area contributed by atoms with Crippen molar-refractivity contribution in [1.82, 2.24) is 4.98 Å². The van der Waals surface area contributed by atoms with Gasteiger partial charge in [0.05, 0.1) is 20.6 Å². The summed E-state index contributed by atoms with van der Waals surface area (Å²) in [6, 6.07) is 3.36. The number of carbonyl (C=O) groups is 1. The lowest BCUT2D eigenvalue weighted by atomic mass is 10.1. The van der Waals surface area contributed by atoms with E-state index in [-0.39, 0.29) is 6.42 Å². The lowest BCUT2D eigenvalue weighted by Gasteiger charge is -2.11. The smallest absolute Gasteiger partial charge is 0.308 e. The van der Waals surface area contributed by atoms with Gasteiger partial charge in [-0.25, -0.2) is 0 Å². The molecule has 5 heteroatoms. The minimum absolute atomic E-state index is 0.135. The lowest BCUT2D eigenvalue weighted by molar-refractivity contribution is -0.142. The van der Waals surface area contributed by atoms with Crippen LogP contribution in [0.3, 0.4) is 0 Å². The number of hydrogen-bond donors (Lipinski definition) is 1. The fourth-order valence-corrected chi connectivity index (χ4v) is 1.16. The summed E-state index contributed by atoms with van der Waals surface area (Å²) in [5, 5.41) is 9.69. The Morgan fingerprint density at radius 3 is 2.93 bits per heavy atom. The van der Waals surface area contributed by atoms with Gasteiger partial charge in [0.15, 0.2) is 0 Å². The number of aromatic nitrogens is 1. The molecule has 0 spiro atoms. The maximum absolute atomic E-state index is 10.9. The SMILES string of the molecule is COC(=O)C[C@@H](O)c1ncccc1OC. The molecular weight excluding hydrogens is 198 g/mol. The first kappa shape index (κ1) is 11.5. The van der Waals surface area contributed by atoms with Gasteiger partial charge >= 0.3 is 5.97 Å². The van der Waals surface area contributed by atoms with Crippen LogP contribution in [0.5, 0.6) is 5.75 Å². The van der Waals surface area contributed by atoms with Gasteiger partial charge in [0.2, 0.25) is 0 Å². The number of rotatable bonds is 4. The molecule has 0 aromatic carbocycles. The summed E-state index contributed by atoms with van der Waals surface area (Å²) in [5.74, 6) is -0.0379. The predicted octanol–water partition coefficient (Wildman–Crippen LogP) is 0.687.